The first kappa shape index (κ1) is 20.2. The van der Waals surface area contributed by atoms with Crippen LogP contribution in [0.1, 0.15) is 30.0 Å². The van der Waals surface area contributed by atoms with E-state index in [-0.39, 0.29) is 5.63 Å². The number of aryl methyl sites for hydroxylation is 2. The molecule has 0 unspecified atom stereocenters. The number of hydrogen-bond donors (Lipinski definition) is 0. The van der Waals surface area contributed by atoms with Gasteiger partial charge in [0.05, 0.1) is 0 Å². The molecule has 1 aliphatic rings. The van der Waals surface area contributed by atoms with Crippen LogP contribution in [0.3, 0.4) is 0 Å². The van der Waals surface area contributed by atoms with Gasteiger partial charge >= 0.3 is 5.63 Å². The average molecular weight is 428 g/mol. The van der Waals surface area contributed by atoms with Crippen LogP contribution in [0.15, 0.2) is 75.9 Å². The molecule has 5 nitrogen and oxygen atoms in total. The van der Waals surface area contributed by atoms with Crippen molar-refractivity contribution >= 4 is 16.7 Å². The second-order valence-corrected chi connectivity index (χ2v) is 8.09. The third-order valence-corrected chi connectivity index (χ3v) is 5.80. The zero-order chi connectivity index (χ0) is 22.1. The molecule has 3 aromatic carbocycles. The quantitative estimate of drug-likeness (QED) is 0.355. The van der Waals surface area contributed by atoms with E-state index < -0.39 is 0 Å². The molecule has 0 saturated carbocycles. The van der Waals surface area contributed by atoms with E-state index in [1.807, 2.05) is 61.5 Å². The number of benzene rings is 3. The molecule has 0 fully saturated rings. The van der Waals surface area contributed by atoms with Gasteiger partial charge in [-0.25, -0.2) is 4.79 Å². The Morgan fingerprint density at radius 3 is 2.50 bits per heavy atom. The summed E-state index contributed by atoms with van der Waals surface area (Å²) in [7, 11) is 0. The predicted molar refractivity (Wildman–Crippen MR) is 126 cm³/mol. The molecular weight excluding hydrogens is 402 g/mol. The van der Waals surface area contributed by atoms with Crippen LogP contribution in [0.25, 0.3) is 11.0 Å². The van der Waals surface area contributed by atoms with Gasteiger partial charge < -0.3 is 18.8 Å². The summed E-state index contributed by atoms with van der Waals surface area (Å²) in [6.07, 6.45) is 1.81. The fourth-order valence-corrected chi connectivity index (χ4v) is 4.28. The van der Waals surface area contributed by atoms with Crippen molar-refractivity contribution in [1.82, 2.24) is 0 Å². The molecule has 162 valence electrons. The third kappa shape index (κ3) is 3.82. The standard InChI is InChI=1S/C27H25NO4/c1-3-7-19-15-25(29)32-27-18(2)26-20(14-24(19)27)16-28(17-30-26)21-10-12-23(13-11-21)31-22-8-5-4-6-9-22/h4-6,8-15H,3,7,16-17H2,1-2H3. The predicted octanol–water partition coefficient (Wildman–Crippen LogP) is 6.20. The molecule has 0 spiro atoms. The zero-order valence-electron chi connectivity index (χ0n) is 18.3. The second kappa shape index (κ2) is 8.42. The minimum absolute atomic E-state index is 0.306. The normalized spacial score (nSPS) is 13.0. The monoisotopic (exact) mass is 427 g/mol. The van der Waals surface area contributed by atoms with Crippen molar-refractivity contribution < 1.29 is 13.9 Å². The molecule has 5 rings (SSSR count). The van der Waals surface area contributed by atoms with Crippen molar-refractivity contribution in [3.63, 3.8) is 0 Å². The first-order chi connectivity index (χ1) is 15.6. The molecule has 0 amide bonds. The van der Waals surface area contributed by atoms with Crippen LogP contribution in [0.4, 0.5) is 5.69 Å². The lowest BCUT2D eigenvalue weighted by Crippen LogP contribution is -2.32. The molecule has 0 radical (unpaired) electrons. The molecule has 4 aromatic rings. The van der Waals surface area contributed by atoms with E-state index in [0.717, 1.165) is 64.4 Å². The van der Waals surface area contributed by atoms with Crippen molar-refractivity contribution in [2.45, 2.75) is 33.2 Å². The van der Waals surface area contributed by atoms with Gasteiger partial charge in [0.15, 0.2) is 6.73 Å². The molecule has 0 atom stereocenters. The van der Waals surface area contributed by atoms with Crippen molar-refractivity contribution in [2.75, 3.05) is 11.6 Å². The highest BCUT2D eigenvalue weighted by molar-refractivity contribution is 5.86. The number of hydrogen-bond acceptors (Lipinski definition) is 5. The number of nitrogens with zero attached hydrogens (tertiary/aromatic N) is 1. The van der Waals surface area contributed by atoms with Crippen LogP contribution in [0.2, 0.25) is 0 Å². The fraction of sp³-hybridized carbons (Fsp3) is 0.222. The maximum Gasteiger partial charge on any atom is 0.336 e. The van der Waals surface area contributed by atoms with Crippen LogP contribution in [0, 0.1) is 6.92 Å². The lowest BCUT2D eigenvalue weighted by atomic mass is 9.98. The molecule has 0 N–H and O–H groups in total. The molecule has 32 heavy (non-hydrogen) atoms. The van der Waals surface area contributed by atoms with Crippen molar-refractivity contribution in [3.8, 4) is 17.2 Å². The molecule has 0 bridgehead atoms. The van der Waals surface area contributed by atoms with Crippen LogP contribution in [-0.4, -0.2) is 6.73 Å². The molecular formula is C27H25NO4. The highest BCUT2D eigenvalue weighted by Crippen LogP contribution is 2.37. The molecule has 1 aromatic heterocycles. The first-order valence-corrected chi connectivity index (χ1v) is 10.9. The SMILES string of the molecule is CCCc1cc(=O)oc2c(C)c3c(cc12)CN(c1ccc(Oc2ccccc2)cc1)CO3. The van der Waals surface area contributed by atoms with Gasteiger partial charge in [-0.05, 0) is 61.4 Å². The van der Waals surface area contributed by atoms with Crippen LogP contribution >= 0.6 is 0 Å². The largest absolute Gasteiger partial charge is 0.472 e. The average Bonchev–Trinajstić information content (AvgIpc) is 2.81. The Hall–Kier alpha value is -3.73. The number of rotatable bonds is 5. The first-order valence-electron chi connectivity index (χ1n) is 10.9. The Labute approximate surface area is 186 Å². The lowest BCUT2D eigenvalue weighted by molar-refractivity contribution is 0.287. The molecule has 2 heterocycles. The van der Waals surface area contributed by atoms with Crippen LogP contribution in [0.5, 0.6) is 17.2 Å². The van der Waals surface area contributed by atoms with Crippen molar-refractivity contribution in [2.24, 2.45) is 0 Å². The Morgan fingerprint density at radius 2 is 1.75 bits per heavy atom. The maximum absolute atomic E-state index is 12.1. The molecule has 0 aliphatic carbocycles. The van der Waals surface area contributed by atoms with E-state index in [1.165, 1.54) is 0 Å². The highest BCUT2D eigenvalue weighted by atomic mass is 16.5. The number of fused-ring (bicyclic) bond motifs is 2. The smallest absolute Gasteiger partial charge is 0.336 e. The summed E-state index contributed by atoms with van der Waals surface area (Å²) in [5.74, 6) is 2.42. The Morgan fingerprint density at radius 1 is 1.00 bits per heavy atom. The van der Waals surface area contributed by atoms with Gasteiger partial charge in [-0.15, -0.1) is 0 Å². The van der Waals surface area contributed by atoms with Gasteiger partial charge in [0.2, 0.25) is 0 Å². The summed E-state index contributed by atoms with van der Waals surface area (Å²) in [5.41, 5.74) is 4.40. The van der Waals surface area contributed by atoms with Gasteiger partial charge in [0, 0.05) is 34.8 Å². The van der Waals surface area contributed by atoms with Crippen LogP contribution < -0.4 is 20.0 Å². The highest BCUT2D eigenvalue weighted by Gasteiger charge is 2.23. The molecule has 0 saturated heterocycles. The van der Waals surface area contributed by atoms with Gasteiger partial charge in [-0.2, -0.15) is 0 Å². The Bertz CT molecular complexity index is 1310. The molecule has 5 heteroatoms. The van der Waals surface area contributed by atoms with Gasteiger partial charge in [0.25, 0.3) is 0 Å². The van der Waals surface area contributed by atoms with E-state index in [9.17, 15) is 4.79 Å². The number of para-hydroxylation sites is 1. The summed E-state index contributed by atoms with van der Waals surface area (Å²) in [6.45, 7) is 5.22. The Balaban J connectivity index is 1.43. The van der Waals surface area contributed by atoms with Gasteiger partial charge in [-0.3, -0.25) is 0 Å². The summed E-state index contributed by atoms with van der Waals surface area (Å²) < 4.78 is 17.6. The number of ether oxygens (including phenoxy) is 2. The Kier molecular flexibility index (Phi) is 5.31. The lowest BCUT2D eigenvalue weighted by Gasteiger charge is -2.32. The van der Waals surface area contributed by atoms with E-state index >= 15 is 0 Å². The minimum atomic E-state index is -0.306. The van der Waals surface area contributed by atoms with Gasteiger partial charge in [-0.1, -0.05) is 31.5 Å². The summed E-state index contributed by atoms with van der Waals surface area (Å²) in [5, 5.41) is 1.000. The number of anilines is 1. The van der Waals surface area contributed by atoms with Crippen molar-refractivity contribution in [3.05, 3.63) is 93.8 Å². The van der Waals surface area contributed by atoms with Crippen molar-refractivity contribution in [1.29, 1.82) is 0 Å². The minimum Gasteiger partial charge on any atom is -0.472 e. The van der Waals surface area contributed by atoms with E-state index in [4.69, 9.17) is 13.9 Å². The van der Waals surface area contributed by atoms with Crippen LogP contribution in [-0.2, 0) is 13.0 Å². The fourth-order valence-electron chi connectivity index (χ4n) is 4.28. The van der Waals surface area contributed by atoms with E-state index in [0.29, 0.717) is 12.3 Å². The van der Waals surface area contributed by atoms with Gasteiger partial charge in [0.1, 0.15) is 22.8 Å². The molecule has 1 aliphatic heterocycles. The third-order valence-electron chi connectivity index (χ3n) is 5.80. The summed E-state index contributed by atoms with van der Waals surface area (Å²) in [6, 6.07) is 21.5. The second-order valence-electron chi connectivity index (χ2n) is 8.09. The summed E-state index contributed by atoms with van der Waals surface area (Å²) >= 11 is 0. The maximum atomic E-state index is 12.1. The van der Waals surface area contributed by atoms with E-state index in [2.05, 4.69) is 17.9 Å². The zero-order valence-corrected chi connectivity index (χ0v) is 18.3. The van der Waals surface area contributed by atoms with E-state index in [1.54, 1.807) is 6.07 Å². The summed E-state index contributed by atoms with van der Waals surface area (Å²) in [4.78, 5) is 14.2. The topological polar surface area (TPSA) is 51.9 Å².